The smallest absolute Gasteiger partial charge is 0.276 e. The number of aryl methyl sites for hydroxylation is 1. The Morgan fingerprint density at radius 3 is 3.11 bits per heavy atom. The first-order chi connectivity index (χ1) is 8.74. The quantitative estimate of drug-likeness (QED) is 0.652. The molecule has 18 heavy (non-hydrogen) atoms. The third-order valence-corrected chi connectivity index (χ3v) is 2.48. The summed E-state index contributed by atoms with van der Waals surface area (Å²) in [7, 11) is 0. The summed E-state index contributed by atoms with van der Waals surface area (Å²) in [5.74, 6) is 0.880. The lowest BCUT2D eigenvalue weighted by Gasteiger charge is -2.01. The van der Waals surface area contributed by atoms with Gasteiger partial charge in [-0.3, -0.25) is 9.78 Å². The Labute approximate surface area is 101 Å². The topological polar surface area (TPSA) is 86.7 Å². The molecular weight excluding hydrogens is 234 g/mol. The van der Waals surface area contributed by atoms with Gasteiger partial charge in [-0.2, -0.15) is 10.1 Å². The minimum absolute atomic E-state index is 0.157. The Balaban J connectivity index is 2.08. The average molecular weight is 243 g/mol. The van der Waals surface area contributed by atoms with Crippen molar-refractivity contribution in [2.45, 2.75) is 13.5 Å². The maximum atomic E-state index is 12.1. The first-order valence-electron chi connectivity index (χ1n) is 5.34. The van der Waals surface area contributed by atoms with Gasteiger partial charge in [-0.25, -0.2) is 4.68 Å². The number of fused-ring (bicyclic) bond motifs is 1. The minimum atomic E-state index is -0.226. The Morgan fingerprint density at radius 1 is 1.44 bits per heavy atom. The highest BCUT2D eigenvalue weighted by atomic mass is 16.5. The van der Waals surface area contributed by atoms with Crippen LogP contribution in [0.4, 0.5) is 0 Å². The van der Waals surface area contributed by atoms with Crippen LogP contribution >= 0.6 is 0 Å². The second-order valence-corrected chi connectivity index (χ2v) is 3.78. The summed E-state index contributed by atoms with van der Waals surface area (Å²) in [4.78, 5) is 20.2. The molecule has 90 valence electrons. The highest BCUT2D eigenvalue weighted by Crippen LogP contribution is 2.04. The van der Waals surface area contributed by atoms with E-state index < -0.39 is 0 Å². The van der Waals surface area contributed by atoms with E-state index in [0.29, 0.717) is 22.6 Å². The summed E-state index contributed by atoms with van der Waals surface area (Å²) in [6.45, 7) is 1.87. The molecule has 0 amide bonds. The number of pyridine rings is 1. The maximum Gasteiger partial charge on any atom is 0.276 e. The molecule has 0 N–H and O–H groups in total. The van der Waals surface area contributed by atoms with Crippen LogP contribution in [0.5, 0.6) is 0 Å². The molecule has 7 heteroatoms. The van der Waals surface area contributed by atoms with E-state index in [1.54, 1.807) is 31.5 Å². The monoisotopic (exact) mass is 243 g/mol. The van der Waals surface area contributed by atoms with Gasteiger partial charge < -0.3 is 4.52 Å². The zero-order valence-electron chi connectivity index (χ0n) is 9.57. The van der Waals surface area contributed by atoms with Crippen LogP contribution in [0.2, 0.25) is 0 Å². The minimum Gasteiger partial charge on any atom is -0.337 e. The predicted molar refractivity (Wildman–Crippen MR) is 61.9 cm³/mol. The first-order valence-corrected chi connectivity index (χ1v) is 5.34. The number of nitrogens with zero attached hydrogens (tertiary/aromatic N) is 5. The van der Waals surface area contributed by atoms with Gasteiger partial charge in [0.05, 0.1) is 17.1 Å². The van der Waals surface area contributed by atoms with Crippen molar-refractivity contribution in [1.29, 1.82) is 0 Å². The van der Waals surface area contributed by atoms with Gasteiger partial charge in [0.25, 0.3) is 5.56 Å². The van der Waals surface area contributed by atoms with Gasteiger partial charge in [-0.1, -0.05) is 5.16 Å². The lowest BCUT2D eigenvalue weighted by atomic mass is 10.3. The molecule has 0 bridgehead atoms. The van der Waals surface area contributed by atoms with E-state index in [9.17, 15) is 4.79 Å². The molecule has 3 aromatic heterocycles. The predicted octanol–water partition coefficient (Wildman–Crippen LogP) is 0.531. The molecule has 0 radical (unpaired) electrons. The Bertz CT molecular complexity index is 761. The SMILES string of the molecule is Cc1noc(Cn2ncc3ncccc3c2=O)n1. The highest BCUT2D eigenvalue weighted by Gasteiger charge is 2.08. The number of rotatable bonds is 2. The standard InChI is InChI=1S/C11H9N5O2/c1-7-14-10(18-15-7)6-16-11(17)8-3-2-4-12-9(8)5-13-16/h2-5H,6H2,1H3. The van der Waals surface area contributed by atoms with Crippen LogP contribution < -0.4 is 5.56 Å². The fraction of sp³-hybridized carbons (Fsp3) is 0.182. The van der Waals surface area contributed by atoms with Crippen molar-refractivity contribution in [2.24, 2.45) is 0 Å². The second kappa shape index (κ2) is 4.02. The summed E-state index contributed by atoms with van der Waals surface area (Å²) in [6, 6.07) is 3.42. The van der Waals surface area contributed by atoms with Crippen LogP contribution in [0.25, 0.3) is 10.9 Å². The van der Waals surface area contributed by atoms with Crippen LogP contribution in [0.1, 0.15) is 11.7 Å². The molecule has 0 unspecified atom stereocenters. The van der Waals surface area contributed by atoms with Gasteiger partial charge in [-0.05, 0) is 19.1 Å². The van der Waals surface area contributed by atoms with E-state index in [2.05, 4.69) is 20.2 Å². The van der Waals surface area contributed by atoms with Crippen LogP contribution in [0.3, 0.4) is 0 Å². The average Bonchev–Trinajstić information content (AvgIpc) is 2.79. The van der Waals surface area contributed by atoms with Gasteiger partial charge in [-0.15, -0.1) is 0 Å². The number of hydrogen-bond acceptors (Lipinski definition) is 6. The Kier molecular flexibility index (Phi) is 2.36. The molecule has 3 aromatic rings. The molecular formula is C11H9N5O2. The molecule has 0 saturated carbocycles. The van der Waals surface area contributed by atoms with Crippen molar-refractivity contribution in [2.75, 3.05) is 0 Å². The van der Waals surface area contributed by atoms with Crippen molar-refractivity contribution in [3.63, 3.8) is 0 Å². The molecule has 0 aromatic carbocycles. The zero-order valence-corrected chi connectivity index (χ0v) is 9.57. The lowest BCUT2D eigenvalue weighted by molar-refractivity contribution is 0.360. The highest BCUT2D eigenvalue weighted by molar-refractivity contribution is 5.75. The van der Waals surface area contributed by atoms with Crippen molar-refractivity contribution in [1.82, 2.24) is 24.9 Å². The van der Waals surface area contributed by atoms with Crippen molar-refractivity contribution >= 4 is 10.9 Å². The van der Waals surface area contributed by atoms with E-state index in [1.807, 2.05) is 0 Å². The molecule has 0 aliphatic carbocycles. The van der Waals surface area contributed by atoms with Gasteiger partial charge >= 0.3 is 0 Å². The van der Waals surface area contributed by atoms with Crippen molar-refractivity contribution in [3.05, 3.63) is 46.6 Å². The first kappa shape index (κ1) is 10.6. The van der Waals surface area contributed by atoms with Crippen molar-refractivity contribution < 1.29 is 4.52 Å². The van der Waals surface area contributed by atoms with Crippen LogP contribution in [0.15, 0.2) is 33.8 Å². The number of hydrogen-bond donors (Lipinski definition) is 0. The lowest BCUT2D eigenvalue weighted by Crippen LogP contribution is -2.23. The Morgan fingerprint density at radius 2 is 2.33 bits per heavy atom. The van der Waals surface area contributed by atoms with E-state index in [-0.39, 0.29) is 12.1 Å². The normalized spacial score (nSPS) is 10.9. The zero-order chi connectivity index (χ0) is 12.5. The van der Waals surface area contributed by atoms with Gasteiger partial charge in [0.2, 0.25) is 5.89 Å². The maximum absolute atomic E-state index is 12.1. The van der Waals surface area contributed by atoms with E-state index in [1.165, 1.54) is 4.68 Å². The third-order valence-electron chi connectivity index (χ3n) is 2.48. The molecule has 0 spiro atoms. The third kappa shape index (κ3) is 1.75. The molecule has 7 nitrogen and oxygen atoms in total. The summed E-state index contributed by atoms with van der Waals surface area (Å²) in [5.41, 5.74) is 0.344. The molecule has 0 aliphatic heterocycles. The van der Waals surface area contributed by atoms with Crippen molar-refractivity contribution in [3.8, 4) is 0 Å². The summed E-state index contributed by atoms with van der Waals surface area (Å²) < 4.78 is 6.23. The molecule has 3 rings (SSSR count). The van der Waals surface area contributed by atoms with E-state index in [4.69, 9.17) is 4.52 Å². The molecule has 3 heterocycles. The van der Waals surface area contributed by atoms with Gasteiger partial charge in [0.15, 0.2) is 5.82 Å². The van der Waals surface area contributed by atoms with Crippen LogP contribution in [-0.2, 0) is 6.54 Å². The number of aromatic nitrogens is 5. The molecule has 0 aliphatic rings. The summed E-state index contributed by atoms with van der Waals surface area (Å²) in [6.07, 6.45) is 3.16. The Hall–Kier alpha value is -2.57. The fourth-order valence-corrected chi connectivity index (χ4v) is 1.66. The molecule has 0 fully saturated rings. The summed E-state index contributed by atoms with van der Waals surface area (Å²) in [5, 5.41) is 8.21. The summed E-state index contributed by atoms with van der Waals surface area (Å²) >= 11 is 0. The largest absolute Gasteiger partial charge is 0.337 e. The van der Waals surface area contributed by atoms with E-state index in [0.717, 1.165) is 0 Å². The van der Waals surface area contributed by atoms with Gasteiger partial charge in [0.1, 0.15) is 6.54 Å². The van der Waals surface area contributed by atoms with Gasteiger partial charge in [0, 0.05) is 6.20 Å². The fourth-order valence-electron chi connectivity index (χ4n) is 1.66. The van der Waals surface area contributed by atoms with Crippen LogP contribution in [-0.4, -0.2) is 24.9 Å². The van der Waals surface area contributed by atoms with Crippen LogP contribution in [0, 0.1) is 6.92 Å². The second-order valence-electron chi connectivity index (χ2n) is 3.78. The molecule has 0 saturated heterocycles. The molecule has 0 atom stereocenters. The van der Waals surface area contributed by atoms with E-state index >= 15 is 0 Å².